The predicted molar refractivity (Wildman–Crippen MR) is 68.8 cm³/mol. The molecule has 0 saturated heterocycles. The zero-order chi connectivity index (χ0) is 12.0. The molecule has 3 rings (SSSR count). The minimum absolute atomic E-state index is 0.614. The highest BCUT2D eigenvalue weighted by atomic mass is 16.1. The van der Waals surface area contributed by atoms with E-state index in [2.05, 4.69) is 31.4 Å². The average molecular weight is 221 g/mol. The first kappa shape index (κ1) is 10.3. The highest BCUT2D eigenvalue weighted by molar-refractivity contribution is 5.92. The summed E-state index contributed by atoms with van der Waals surface area (Å²) in [6, 6.07) is 14.3. The minimum Gasteiger partial charge on any atom is -0.289 e. The molecule has 0 heterocycles. The van der Waals surface area contributed by atoms with E-state index in [-0.39, 0.29) is 0 Å². The third-order valence-corrected chi connectivity index (χ3v) is 3.73. The van der Waals surface area contributed by atoms with Crippen molar-refractivity contribution in [2.45, 2.75) is 19.3 Å². The Kier molecular flexibility index (Phi) is 1.99. The second-order valence-corrected chi connectivity index (χ2v) is 4.77. The molecule has 0 saturated carbocycles. The number of benzene rings is 2. The fourth-order valence-electron chi connectivity index (χ4n) is 2.95. The van der Waals surface area contributed by atoms with Gasteiger partial charge in [0.25, 0.3) is 0 Å². The molecule has 2 aromatic rings. The topological polar surface area (TPSA) is 17.1 Å². The fourth-order valence-corrected chi connectivity index (χ4v) is 2.95. The molecule has 1 unspecified atom stereocenters. The Bertz CT molecular complexity index is 613. The van der Waals surface area contributed by atoms with E-state index in [4.69, 9.17) is 0 Å². The summed E-state index contributed by atoms with van der Waals surface area (Å²) in [6.45, 7) is 4.01. The average Bonchev–Trinajstić information content (AvgIpc) is 2.63. The van der Waals surface area contributed by atoms with Gasteiger partial charge in [0.1, 0.15) is 0 Å². The van der Waals surface area contributed by atoms with E-state index < -0.39 is 5.41 Å². The smallest absolute Gasteiger partial charge is 0.214 e. The number of carbonyl (C=O) groups excluding carboxylic acids is 1. The second kappa shape index (κ2) is 3.30. The zero-order valence-corrected chi connectivity index (χ0v) is 9.95. The van der Waals surface area contributed by atoms with Crippen LogP contribution in [0.4, 0.5) is 0 Å². The Morgan fingerprint density at radius 1 is 1.00 bits per heavy atom. The van der Waals surface area contributed by atoms with E-state index >= 15 is 0 Å². The monoisotopic (exact) mass is 221 g/mol. The molecule has 0 aliphatic heterocycles. The Hall–Kier alpha value is -1.89. The molecule has 1 heteroatoms. The molecule has 0 N–H and O–H groups in total. The molecule has 0 bridgehead atoms. The summed E-state index contributed by atoms with van der Waals surface area (Å²) >= 11 is 0. The van der Waals surface area contributed by atoms with E-state index in [0.29, 0.717) is 0 Å². The first-order valence-corrected chi connectivity index (χ1v) is 5.78. The van der Waals surface area contributed by atoms with Gasteiger partial charge in [0.15, 0.2) is 0 Å². The van der Waals surface area contributed by atoms with Crippen LogP contribution in [-0.2, 0) is 10.2 Å². The van der Waals surface area contributed by atoms with E-state index in [1.165, 1.54) is 5.56 Å². The molecule has 17 heavy (non-hydrogen) atoms. The van der Waals surface area contributed by atoms with Gasteiger partial charge in [-0.1, -0.05) is 42.5 Å². The predicted octanol–water partition coefficient (Wildman–Crippen LogP) is 3.39. The van der Waals surface area contributed by atoms with E-state index in [1.54, 1.807) is 0 Å². The van der Waals surface area contributed by atoms with E-state index in [0.717, 1.165) is 22.3 Å². The molecule has 83 valence electrons. The molecule has 1 aliphatic carbocycles. The summed E-state index contributed by atoms with van der Waals surface area (Å²) in [5.74, 6) is 0. The molecule has 2 aromatic carbocycles. The first-order chi connectivity index (χ1) is 8.18. The van der Waals surface area contributed by atoms with Gasteiger partial charge in [-0.15, -0.1) is 0 Å². The van der Waals surface area contributed by atoms with Crippen LogP contribution in [0.25, 0.3) is 11.1 Å². The Balaban J connectivity index is 2.46. The van der Waals surface area contributed by atoms with E-state index in [1.807, 2.05) is 31.2 Å². The number of fused-ring (bicyclic) bond motifs is 3. The molecule has 1 aliphatic rings. The van der Waals surface area contributed by atoms with Crippen LogP contribution in [0.2, 0.25) is 0 Å². The molecular formula is C16H13O. The molecule has 0 fully saturated rings. The maximum Gasteiger partial charge on any atom is 0.214 e. The lowest BCUT2D eigenvalue weighted by Gasteiger charge is -2.20. The van der Waals surface area contributed by atoms with Crippen molar-refractivity contribution in [2.24, 2.45) is 0 Å². The quantitative estimate of drug-likeness (QED) is 0.721. The Morgan fingerprint density at radius 2 is 1.71 bits per heavy atom. The van der Waals surface area contributed by atoms with Crippen LogP contribution in [-0.4, -0.2) is 6.29 Å². The van der Waals surface area contributed by atoms with Crippen molar-refractivity contribution in [1.29, 1.82) is 0 Å². The number of hydrogen-bond donors (Lipinski definition) is 0. The van der Waals surface area contributed by atoms with Gasteiger partial charge in [-0.25, -0.2) is 0 Å². The lowest BCUT2D eigenvalue weighted by Crippen LogP contribution is -2.23. The van der Waals surface area contributed by atoms with Crippen molar-refractivity contribution >= 4 is 6.29 Å². The molecule has 0 amide bonds. The standard InChI is InChI=1S/C16H13O/c1-11-6-5-8-13-12-7-3-4-9-14(12)16(2,10-17)15(11)13/h3-9H,1-2H3. The Morgan fingerprint density at radius 3 is 2.47 bits per heavy atom. The van der Waals surface area contributed by atoms with Gasteiger partial charge in [0, 0.05) is 0 Å². The summed E-state index contributed by atoms with van der Waals surface area (Å²) in [5, 5.41) is 0. The van der Waals surface area contributed by atoms with Gasteiger partial charge in [0.05, 0.1) is 5.41 Å². The van der Waals surface area contributed by atoms with Crippen LogP contribution in [0, 0.1) is 6.92 Å². The summed E-state index contributed by atoms with van der Waals surface area (Å²) in [4.78, 5) is 11.5. The van der Waals surface area contributed by atoms with Gasteiger partial charge in [0.2, 0.25) is 6.29 Å². The molecule has 0 spiro atoms. The van der Waals surface area contributed by atoms with Gasteiger partial charge < -0.3 is 0 Å². The van der Waals surface area contributed by atoms with E-state index in [9.17, 15) is 4.79 Å². The van der Waals surface area contributed by atoms with Crippen LogP contribution < -0.4 is 0 Å². The van der Waals surface area contributed by atoms with Gasteiger partial charge in [-0.2, -0.15) is 0 Å². The minimum atomic E-state index is -0.614. The van der Waals surface area contributed by atoms with Gasteiger partial charge >= 0.3 is 0 Å². The maximum atomic E-state index is 11.5. The van der Waals surface area contributed by atoms with Gasteiger partial charge in [-0.3, -0.25) is 4.79 Å². The second-order valence-electron chi connectivity index (χ2n) is 4.77. The molecular weight excluding hydrogens is 208 g/mol. The normalized spacial score (nSPS) is 20.8. The van der Waals surface area contributed by atoms with Crippen molar-refractivity contribution in [2.75, 3.05) is 0 Å². The lowest BCUT2D eigenvalue weighted by molar-refractivity contribution is 0.528. The molecule has 1 radical (unpaired) electrons. The van der Waals surface area contributed by atoms with Crippen LogP contribution in [0.3, 0.4) is 0 Å². The van der Waals surface area contributed by atoms with Crippen molar-refractivity contribution in [3.05, 3.63) is 59.2 Å². The fraction of sp³-hybridized carbons (Fsp3) is 0.188. The van der Waals surface area contributed by atoms with Crippen LogP contribution in [0.1, 0.15) is 23.6 Å². The number of aryl methyl sites for hydroxylation is 1. The highest BCUT2D eigenvalue weighted by Crippen LogP contribution is 2.48. The summed E-state index contributed by atoms with van der Waals surface area (Å²) < 4.78 is 0. The lowest BCUT2D eigenvalue weighted by atomic mass is 9.80. The Labute approximate surface area is 101 Å². The molecule has 1 atom stereocenters. The largest absolute Gasteiger partial charge is 0.289 e. The van der Waals surface area contributed by atoms with Crippen LogP contribution in [0.5, 0.6) is 0 Å². The zero-order valence-electron chi connectivity index (χ0n) is 9.95. The van der Waals surface area contributed by atoms with Crippen LogP contribution in [0.15, 0.2) is 42.5 Å². The SMILES string of the molecule is Cc1cccc2c1C(C)([C]=O)c1ccccc1-2. The van der Waals surface area contributed by atoms with Crippen LogP contribution >= 0.6 is 0 Å². The third kappa shape index (κ3) is 1.17. The molecule has 0 aromatic heterocycles. The molecule has 1 nitrogen and oxygen atoms in total. The van der Waals surface area contributed by atoms with Gasteiger partial charge in [-0.05, 0) is 41.7 Å². The third-order valence-electron chi connectivity index (χ3n) is 3.73. The van der Waals surface area contributed by atoms with Crippen molar-refractivity contribution in [3.8, 4) is 11.1 Å². The summed E-state index contributed by atoms with van der Waals surface area (Å²) in [5.41, 5.74) is 5.06. The first-order valence-electron chi connectivity index (χ1n) is 5.78. The van der Waals surface area contributed by atoms with Crippen molar-refractivity contribution < 1.29 is 4.79 Å². The number of rotatable bonds is 1. The number of hydrogen-bond acceptors (Lipinski definition) is 1. The van der Waals surface area contributed by atoms with Crippen molar-refractivity contribution in [1.82, 2.24) is 0 Å². The highest BCUT2D eigenvalue weighted by Gasteiger charge is 2.40. The summed E-state index contributed by atoms with van der Waals surface area (Å²) in [7, 11) is 0. The maximum absolute atomic E-state index is 11.5. The summed E-state index contributed by atoms with van der Waals surface area (Å²) in [6.07, 6.45) is 2.24. The van der Waals surface area contributed by atoms with Crippen molar-refractivity contribution in [3.63, 3.8) is 0 Å².